The maximum Gasteiger partial charge on any atom is 0.213 e. The van der Waals surface area contributed by atoms with Crippen molar-refractivity contribution in [3.05, 3.63) is 272 Å². The highest BCUT2D eigenvalue weighted by atomic mass is 32.1. The van der Waals surface area contributed by atoms with Gasteiger partial charge >= 0.3 is 0 Å². The summed E-state index contributed by atoms with van der Waals surface area (Å²) in [6, 6.07) is 20.9. The molecule has 5 N–H and O–H groups in total. The van der Waals surface area contributed by atoms with Gasteiger partial charge in [0.05, 0.1) is 36.6 Å². The molecule has 16 rings (SSSR count). The lowest BCUT2D eigenvalue weighted by Gasteiger charge is -1.79. The van der Waals surface area contributed by atoms with Crippen molar-refractivity contribution in [3.63, 3.8) is 0 Å². The van der Waals surface area contributed by atoms with E-state index >= 15 is 0 Å². The van der Waals surface area contributed by atoms with Crippen LogP contribution in [0.25, 0.3) is 0 Å². The van der Waals surface area contributed by atoms with E-state index in [1.54, 1.807) is 107 Å². The van der Waals surface area contributed by atoms with E-state index in [4.69, 9.17) is 0 Å². The minimum atomic E-state index is 0.833. The number of aromatic amines is 5. The predicted octanol–water partition coefficient (Wildman–Crippen LogP) is 37.1. The fourth-order valence-electron chi connectivity index (χ4n) is 2.94. The van der Waals surface area contributed by atoms with Gasteiger partial charge in [0.2, 0.25) is 19.2 Å². The predicted molar refractivity (Wildman–Crippen MR) is 630 cm³/mol. The third kappa shape index (κ3) is 463. The normalized spacial score (nSPS) is 8.44. The van der Waals surface area contributed by atoms with Crippen LogP contribution in [0.2, 0.25) is 0 Å². The van der Waals surface area contributed by atoms with Crippen LogP contribution in [0.3, 0.4) is 0 Å². The van der Waals surface area contributed by atoms with Crippen LogP contribution in [-0.4, -0.2) is 120 Å². The molecule has 0 bridgehead atoms. The van der Waals surface area contributed by atoms with Gasteiger partial charge in [0.15, 0.2) is 12.7 Å². The average molecular weight is 2130 g/mol. The molecule has 29 nitrogen and oxygen atoms in total. The smallest absolute Gasteiger partial charge is 0.213 e. The van der Waals surface area contributed by atoms with E-state index < -0.39 is 0 Å². The summed E-state index contributed by atoms with van der Waals surface area (Å²) in [6.45, 7) is 104. The maximum absolute atomic E-state index is 4.58. The van der Waals surface area contributed by atoms with Crippen molar-refractivity contribution in [3.8, 4) is 0 Å². The molecule has 0 aliphatic heterocycles. The summed E-state index contributed by atoms with van der Waals surface area (Å²) in [4.78, 5) is 27.2. The van der Waals surface area contributed by atoms with Crippen LogP contribution in [0.4, 0.5) is 0 Å². The molecule has 16 aromatic heterocycles. The second-order valence-corrected chi connectivity index (χ2v) is 43.0. The van der Waals surface area contributed by atoms with E-state index in [1.807, 2.05) is 112 Å². The van der Waals surface area contributed by atoms with Gasteiger partial charge < -0.3 is 32.3 Å². The van der Waals surface area contributed by atoms with Crippen LogP contribution in [0, 0.1) is 94.7 Å². The van der Waals surface area contributed by atoms with Crippen molar-refractivity contribution in [1.82, 2.24) is 120 Å². The summed E-state index contributed by atoms with van der Waals surface area (Å²) < 4.78 is 32.9. The average Bonchev–Trinajstić information content (AvgIpc) is 2.12. The summed E-state index contributed by atoms with van der Waals surface area (Å²) >= 11 is 8.97. The molecule has 0 radical (unpaired) electrons. The van der Waals surface area contributed by atoms with Gasteiger partial charge in [0, 0.05) is 65.7 Å². The second-order valence-electron chi connectivity index (χ2n) is 38.8. The molecule has 0 unspecified atom stereocenters. The molecule has 0 spiro atoms. The standard InChI is InChI=1S/2C4H5N.C4H4O.C4H4S.16C4H10.C3H4N2.2C3H3NO.2C3H3NS.2C2H3N3.2C2H2N2O.3C2H2N2S/c4*1-2-4-5-3-1;16*1-4(2)3;1-2-4-5-3-1;1-2-5-3-4-1;1-2-4-5-3-1;1-2-5-3-4-1;1-2-4-5-3-1;2*1-3-2-5-4-1;1-3-4-2-5-1;1-3-2-5-4-1;1-3-4-2-5-1;1-3-2-5-4-1;1-2-5-4-3-1/h2*1-5H;2*1-4H;16*4H,1-3H3;1-3H,(H,4,5);4*1-3H;2*1-2H,(H,3,4,5);5*1-2H. The first-order valence-corrected chi connectivity index (χ1v) is 54.5. The van der Waals surface area contributed by atoms with E-state index in [0.29, 0.717) is 0 Å². The Labute approximate surface area is 903 Å². The SMILES string of the molecule is CC(C)C.CC(C)C.CC(C)C.CC(C)C.CC(C)C.CC(C)C.CC(C)C.CC(C)C.CC(C)C.CC(C)C.CC(C)C.CC(C)C.CC(C)C.CC(C)C.CC(C)C.CC(C)C.c1cc[nH]c1.c1cc[nH]c1.c1ccoc1.c1ccsc1.c1cn[nH]c1.c1cnoc1.c1cnsc1.c1cocn1.c1cscn1.c1csnn1.c1nc[nH]n1.c1nc[nH]n1.c1ncon1.c1ncsn1.c1nnco1.c1nncs1. The monoisotopic (exact) mass is 2130 g/mol. The number of rotatable bonds is 0. The highest BCUT2D eigenvalue weighted by Crippen LogP contribution is 1.94. The Hall–Kier alpha value is -10.3. The minimum absolute atomic E-state index is 0.833. The van der Waals surface area contributed by atoms with Gasteiger partial charge in [-0.25, -0.2) is 29.3 Å². The third-order valence-electron chi connectivity index (χ3n) is 5.71. The molecule has 0 saturated heterocycles. The molecule has 0 aliphatic rings. The Bertz CT molecular complexity index is 2530. The Kier molecular flexibility index (Phi) is 196. The minimum Gasteiger partial charge on any atom is -0.473 e. The van der Waals surface area contributed by atoms with Crippen molar-refractivity contribution in [2.24, 2.45) is 94.7 Å². The van der Waals surface area contributed by atoms with Crippen molar-refractivity contribution in [2.45, 2.75) is 332 Å². The molecule has 0 aliphatic carbocycles. The number of aromatic nitrogens is 24. The fourth-order valence-corrected chi connectivity index (χ4v) is 4.91. The Morgan fingerprint density at radius 2 is 0.625 bits per heavy atom. The lowest BCUT2D eigenvalue weighted by atomic mass is 10.3. The number of H-pyrrole nitrogens is 5. The van der Waals surface area contributed by atoms with E-state index in [0.717, 1.165) is 94.7 Å². The molecule has 144 heavy (non-hydrogen) atoms. The summed E-state index contributed by atoms with van der Waals surface area (Å²) in [7, 11) is 0. The van der Waals surface area contributed by atoms with Crippen molar-refractivity contribution >= 4 is 68.6 Å². The van der Waals surface area contributed by atoms with Crippen LogP contribution in [-0.2, 0) is 0 Å². The topological polar surface area (TPSA) is 390 Å². The van der Waals surface area contributed by atoms with Crippen LogP contribution >= 0.6 is 68.6 Å². The number of furan rings is 1. The molecular weight excluding hydrogens is 1920 g/mol. The number of thiophene rings is 1. The molecule has 35 heteroatoms. The Morgan fingerprint density at radius 3 is 0.722 bits per heavy atom. The first kappa shape index (κ1) is 170. The Balaban J connectivity index is -0.0000000840. The first-order valence-electron chi connectivity index (χ1n) is 49.1. The summed E-state index contributed by atoms with van der Waals surface area (Å²) in [6.07, 6.45) is 39.5. The largest absolute Gasteiger partial charge is 0.473 e. The van der Waals surface area contributed by atoms with E-state index in [1.165, 1.54) is 122 Å². The van der Waals surface area contributed by atoms with Gasteiger partial charge in [0.25, 0.3) is 0 Å². The Morgan fingerprint density at radius 1 is 0.208 bits per heavy atom. The molecule has 0 atom stereocenters. The molecule has 16 heterocycles. The molecule has 0 saturated carbocycles. The maximum atomic E-state index is 4.58. The summed E-state index contributed by atoms with van der Waals surface area (Å²) in [5.41, 5.74) is 6.83. The number of hydrogen-bond donors (Lipinski definition) is 5. The number of hydrogen-bond acceptors (Lipinski definition) is 30. The number of oxazole rings is 1. The van der Waals surface area contributed by atoms with Gasteiger partial charge in [-0.1, -0.05) is 359 Å². The molecule has 0 fully saturated rings. The lowest BCUT2D eigenvalue weighted by Crippen LogP contribution is -1.66. The third-order valence-corrected chi connectivity index (χ3v) is 8.68. The summed E-state index contributed by atoms with van der Waals surface area (Å²) in [5, 5.41) is 51.6. The second kappa shape index (κ2) is 166. The zero-order valence-electron chi connectivity index (χ0n) is 98.7. The quantitative estimate of drug-likeness (QED) is 0.0941. The lowest BCUT2D eigenvalue weighted by molar-refractivity contribution is 0.416. The van der Waals surface area contributed by atoms with Gasteiger partial charge in [-0.2, -0.15) is 31.0 Å². The first-order chi connectivity index (χ1) is 67.7. The van der Waals surface area contributed by atoms with Crippen molar-refractivity contribution < 1.29 is 22.3 Å². The fraction of sp³-hybridized carbons (Fsp3) is 0.587. The van der Waals surface area contributed by atoms with Crippen molar-refractivity contribution in [1.29, 1.82) is 0 Å². The highest BCUT2D eigenvalue weighted by Gasteiger charge is 1.77. The molecule has 0 aromatic carbocycles. The highest BCUT2D eigenvalue weighted by molar-refractivity contribution is 7.08. The molecule has 832 valence electrons. The van der Waals surface area contributed by atoms with E-state index in [2.05, 4.69) is 474 Å². The van der Waals surface area contributed by atoms with E-state index in [9.17, 15) is 0 Å². The van der Waals surface area contributed by atoms with Crippen molar-refractivity contribution in [2.75, 3.05) is 0 Å². The number of nitrogens with one attached hydrogen (secondary N) is 5. The van der Waals surface area contributed by atoms with Crippen LogP contribution in [0.15, 0.2) is 295 Å². The van der Waals surface area contributed by atoms with Gasteiger partial charge in [-0.3, -0.25) is 20.3 Å². The number of thiazole rings is 1. The van der Waals surface area contributed by atoms with Crippen LogP contribution in [0.5, 0.6) is 0 Å². The van der Waals surface area contributed by atoms with Gasteiger partial charge in [-0.15, -0.1) is 48.2 Å². The van der Waals surface area contributed by atoms with Crippen LogP contribution < -0.4 is 0 Å². The van der Waals surface area contributed by atoms with Gasteiger partial charge in [0.1, 0.15) is 60.7 Å². The summed E-state index contributed by atoms with van der Waals surface area (Å²) in [5.74, 6) is 13.3. The van der Waals surface area contributed by atoms with Crippen LogP contribution in [0.1, 0.15) is 332 Å². The zero-order valence-corrected chi connectivity index (χ0v) is 104. The molecule has 16 aromatic rings. The molecule has 0 amide bonds. The van der Waals surface area contributed by atoms with E-state index in [-0.39, 0.29) is 0 Å². The zero-order chi connectivity index (χ0) is 114. The van der Waals surface area contributed by atoms with Gasteiger partial charge in [-0.05, 0) is 195 Å². The number of nitrogens with zero attached hydrogens (tertiary/aromatic N) is 19. The molecular formula is C109H210N24O5S6.